The highest BCUT2D eigenvalue weighted by Crippen LogP contribution is 2.15. The topological polar surface area (TPSA) is 73.7 Å². The molecule has 2 rings (SSSR count). The molecule has 0 amide bonds. The van der Waals surface area contributed by atoms with Crippen molar-refractivity contribution in [2.24, 2.45) is 0 Å². The van der Waals surface area contributed by atoms with Crippen LogP contribution in [0.3, 0.4) is 0 Å². The van der Waals surface area contributed by atoms with Crippen LogP contribution in [0.15, 0.2) is 36.7 Å². The van der Waals surface area contributed by atoms with E-state index in [0.29, 0.717) is 12.3 Å². The lowest BCUT2D eigenvalue weighted by atomic mass is 10.3. The zero-order chi connectivity index (χ0) is 11.9. The van der Waals surface area contributed by atoms with Gasteiger partial charge in [0.2, 0.25) is 0 Å². The van der Waals surface area contributed by atoms with E-state index in [9.17, 15) is 0 Å². The SMILES string of the molecule is N#CCOc1ccc(NCc2ncc[nH]2)cc1. The minimum Gasteiger partial charge on any atom is -0.479 e. The monoisotopic (exact) mass is 228 g/mol. The number of nitrogens with one attached hydrogen (secondary N) is 2. The van der Waals surface area contributed by atoms with Crippen LogP contribution in [0.5, 0.6) is 5.75 Å². The number of ether oxygens (including phenoxy) is 1. The third-order valence-corrected chi connectivity index (χ3v) is 2.17. The van der Waals surface area contributed by atoms with Gasteiger partial charge in [0, 0.05) is 18.1 Å². The summed E-state index contributed by atoms with van der Waals surface area (Å²) in [6, 6.07) is 9.36. The molecule has 1 aromatic heterocycles. The first-order valence-electron chi connectivity index (χ1n) is 5.20. The third-order valence-electron chi connectivity index (χ3n) is 2.17. The number of nitriles is 1. The number of nitrogens with zero attached hydrogens (tertiary/aromatic N) is 2. The van der Waals surface area contributed by atoms with Gasteiger partial charge in [0.25, 0.3) is 0 Å². The Kier molecular flexibility index (Phi) is 3.61. The molecule has 0 spiro atoms. The molecule has 86 valence electrons. The van der Waals surface area contributed by atoms with E-state index in [1.165, 1.54) is 0 Å². The number of imidazole rings is 1. The Morgan fingerprint density at radius 1 is 1.35 bits per heavy atom. The summed E-state index contributed by atoms with van der Waals surface area (Å²) in [6.07, 6.45) is 3.51. The summed E-state index contributed by atoms with van der Waals surface area (Å²) < 4.78 is 5.15. The van der Waals surface area contributed by atoms with E-state index in [1.54, 1.807) is 12.4 Å². The fourth-order valence-corrected chi connectivity index (χ4v) is 1.37. The van der Waals surface area contributed by atoms with Gasteiger partial charge in [-0.1, -0.05) is 0 Å². The molecule has 0 unspecified atom stereocenters. The van der Waals surface area contributed by atoms with Crippen molar-refractivity contribution in [2.45, 2.75) is 6.54 Å². The van der Waals surface area contributed by atoms with E-state index < -0.39 is 0 Å². The van der Waals surface area contributed by atoms with Crippen LogP contribution < -0.4 is 10.1 Å². The smallest absolute Gasteiger partial charge is 0.174 e. The van der Waals surface area contributed by atoms with Gasteiger partial charge in [0.1, 0.15) is 17.6 Å². The van der Waals surface area contributed by atoms with Crippen molar-refractivity contribution < 1.29 is 4.74 Å². The van der Waals surface area contributed by atoms with Crippen molar-refractivity contribution in [3.05, 3.63) is 42.5 Å². The summed E-state index contributed by atoms with van der Waals surface area (Å²) in [7, 11) is 0. The molecule has 0 radical (unpaired) electrons. The number of hydrogen-bond acceptors (Lipinski definition) is 4. The van der Waals surface area contributed by atoms with Gasteiger partial charge in [-0.15, -0.1) is 0 Å². The van der Waals surface area contributed by atoms with Gasteiger partial charge in [-0.2, -0.15) is 5.26 Å². The van der Waals surface area contributed by atoms with E-state index in [4.69, 9.17) is 10.00 Å². The fraction of sp³-hybridized carbons (Fsp3) is 0.167. The molecule has 5 nitrogen and oxygen atoms in total. The molecular formula is C12H12N4O. The predicted octanol–water partition coefficient (Wildman–Crippen LogP) is 1.92. The number of hydrogen-bond donors (Lipinski definition) is 2. The van der Waals surface area contributed by atoms with Gasteiger partial charge in [-0.05, 0) is 24.3 Å². The van der Waals surface area contributed by atoms with Gasteiger partial charge in [-0.25, -0.2) is 4.98 Å². The molecule has 0 aliphatic carbocycles. The minimum absolute atomic E-state index is 0.0686. The summed E-state index contributed by atoms with van der Waals surface area (Å²) in [5.41, 5.74) is 0.978. The molecule has 5 heteroatoms. The number of aromatic nitrogens is 2. The normalized spacial score (nSPS) is 9.59. The summed E-state index contributed by atoms with van der Waals surface area (Å²) >= 11 is 0. The van der Waals surface area contributed by atoms with Crippen LogP contribution in [0, 0.1) is 11.3 Å². The van der Waals surface area contributed by atoms with Crippen molar-refractivity contribution in [1.29, 1.82) is 5.26 Å². The summed E-state index contributed by atoms with van der Waals surface area (Å²) in [5, 5.41) is 11.6. The Morgan fingerprint density at radius 2 is 2.18 bits per heavy atom. The van der Waals surface area contributed by atoms with Crippen molar-refractivity contribution in [2.75, 3.05) is 11.9 Å². The molecule has 17 heavy (non-hydrogen) atoms. The average molecular weight is 228 g/mol. The van der Waals surface area contributed by atoms with Crippen molar-refractivity contribution in [3.8, 4) is 11.8 Å². The number of benzene rings is 1. The predicted molar refractivity (Wildman–Crippen MR) is 63.5 cm³/mol. The molecule has 1 heterocycles. The van der Waals surface area contributed by atoms with Gasteiger partial charge in [-0.3, -0.25) is 0 Å². The summed E-state index contributed by atoms with van der Waals surface area (Å²) in [5.74, 6) is 1.57. The molecule has 0 aliphatic heterocycles. The third kappa shape index (κ3) is 3.24. The van der Waals surface area contributed by atoms with Gasteiger partial charge >= 0.3 is 0 Å². The zero-order valence-corrected chi connectivity index (χ0v) is 9.18. The Labute approximate surface area is 99.1 Å². The summed E-state index contributed by atoms with van der Waals surface area (Å²) in [6.45, 7) is 0.713. The molecule has 0 bridgehead atoms. The molecule has 0 saturated heterocycles. The Bertz CT molecular complexity index is 484. The van der Waals surface area contributed by atoms with Crippen molar-refractivity contribution in [3.63, 3.8) is 0 Å². The van der Waals surface area contributed by atoms with Crippen LogP contribution in [0.25, 0.3) is 0 Å². The zero-order valence-electron chi connectivity index (χ0n) is 9.18. The highest BCUT2D eigenvalue weighted by molar-refractivity contribution is 5.46. The van der Waals surface area contributed by atoms with E-state index >= 15 is 0 Å². The second-order valence-corrected chi connectivity index (χ2v) is 3.36. The van der Waals surface area contributed by atoms with Crippen LogP contribution in [-0.4, -0.2) is 16.6 Å². The maximum Gasteiger partial charge on any atom is 0.174 e. The fourth-order valence-electron chi connectivity index (χ4n) is 1.37. The van der Waals surface area contributed by atoms with E-state index in [2.05, 4.69) is 15.3 Å². The largest absolute Gasteiger partial charge is 0.479 e. The van der Waals surface area contributed by atoms with Gasteiger partial charge < -0.3 is 15.0 Å². The van der Waals surface area contributed by atoms with Crippen molar-refractivity contribution >= 4 is 5.69 Å². The molecular weight excluding hydrogens is 216 g/mol. The van der Waals surface area contributed by atoms with Crippen LogP contribution in [0.2, 0.25) is 0 Å². The van der Waals surface area contributed by atoms with E-state index in [1.807, 2.05) is 30.3 Å². The quantitative estimate of drug-likeness (QED) is 0.820. The molecule has 0 aliphatic rings. The number of anilines is 1. The highest BCUT2D eigenvalue weighted by Gasteiger charge is 1.96. The van der Waals surface area contributed by atoms with Crippen LogP contribution in [-0.2, 0) is 6.54 Å². The van der Waals surface area contributed by atoms with Crippen LogP contribution in [0.1, 0.15) is 5.82 Å². The number of H-pyrrole nitrogens is 1. The standard InChI is InChI=1S/C12H12N4O/c13-5-8-17-11-3-1-10(2-4-11)16-9-12-14-6-7-15-12/h1-4,6-7,16H,8-9H2,(H,14,15). The molecule has 2 N–H and O–H groups in total. The Morgan fingerprint density at radius 3 is 2.82 bits per heavy atom. The summed E-state index contributed by atoms with van der Waals surface area (Å²) in [4.78, 5) is 7.12. The van der Waals surface area contributed by atoms with E-state index in [0.717, 1.165) is 11.5 Å². The lowest BCUT2D eigenvalue weighted by Gasteiger charge is -2.06. The van der Waals surface area contributed by atoms with Gasteiger partial charge in [0.05, 0.1) is 6.54 Å². The average Bonchev–Trinajstić information content (AvgIpc) is 2.88. The maximum absolute atomic E-state index is 8.37. The maximum atomic E-state index is 8.37. The first kappa shape index (κ1) is 11.0. The minimum atomic E-state index is 0.0686. The number of rotatable bonds is 5. The molecule has 0 saturated carbocycles. The van der Waals surface area contributed by atoms with Crippen LogP contribution >= 0.6 is 0 Å². The lowest BCUT2D eigenvalue weighted by Crippen LogP contribution is -2.01. The molecule has 0 fully saturated rings. The van der Waals surface area contributed by atoms with Gasteiger partial charge in [0.15, 0.2) is 6.61 Å². The van der Waals surface area contributed by atoms with Crippen molar-refractivity contribution in [1.82, 2.24) is 9.97 Å². The molecule has 2 aromatic rings. The lowest BCUT2D eigenvalue weighted by molar-refractivity contribution is 0.368. The molecule has 0 atom stereocenters. The Hall–Kier alpha value is -2.48. The van der Waals surface area contributed by atoms with E-state index in [-0.39, 0.29) is 6.61 Å². The molecule has 1 aromatic carbocycles. The Balaban J connectivity index is 1.88. The second-order valence-electron chi connectivity index (χ2n) is 3.36. The second kappa shape index (κ2) is 5.56. The number of aromatic amines is 1. The van der Waals surface area contributed by atoms with Crippen LogP contribution in [0.4, 0.5) is 5.69 Å². The first-order valence-corrected chi connectivity index (χ1v) is 5.20. The first-order chi connectivity index (χ1) is 8.38. The highest BCUT2D eigenvalue weighted by atomic mass is 16.5.